The molecule has 0 bridgehead atoms. The number of hydrogen-bond acceptors (Lipinski definition) is 5. The van der Waals surface area contributed by atoms with Gasteiger partial charge in [0.15, 0.2) is 5.82 Å². The van der Waals surface area contributed by atoms with Crippen molar-refractivity contribution in [2.45, 2.75) is 82.8 Å². The molecule has 0 spiro atoms. The van der Waals surface area contributed by atoms with E-state index in [2.05, 4.69) is 39.4 Å². The van der Waals surface area contributed by atoms with Crippen LogP contribution >= 0.6 is 11.6 Å². The van der Waals surface area contributed by atoms with Crippen LogP contribution in [0.4, 0.5) is 4.39 Å². The molecule has 0 unspecified atom stereocenters. The lowest BCUT2D eigenvalue weighted by Gasteiger charge is -2.40. The molecule has 10 heteroatoms. The molecule has 2 aromatic heterocycles. The fourth-order valence-corrected chi connectivity index (χ4v) is 7.10. The molecule has 3 heterocycles. The Morgan fingerprint density at radius 1 is 1.20 bits per heavy atom. The maximum Gasteiger partial charge on any atom is 0.354 e. The Bertz CT molecular complexity index is 1730. The topological polar surface area (TPSA) is 116 Å². The minimum atomic E-state index is -0.497. The highest BCUT2D eigenvalue weighted by molar-refractivity contribution is 6.31. The van der Waals surface area contributed by atoms with E-state index < -0.39 is 11.5 Å². The molecule has 1 saturated heterocycles. The molecule has 2 fully saturated rings. The second kappa shape index (κ2) is 13.4. The van der Waals surface area contributed by atoms with Gasteiger partial charge in [-0.25, -0.2) is 9.18 Å². The van der Waals surface area contributed by atoms with Crippen LogP contribution in [0.1, 0.15) is 75.5 Å². The number of benzene rings is 2. The molecule has 1 saturated carbocycles. The van der Waals surface area contributed by atoms with Crippen LogP contribution in [0.15, 0.2) is 53.5 Å². The van der Waals surface area contributed by atoms with E-state index in [0.29, 0.717) is 46.1 Å². The maximum absolute atomic E-state index is 15.2. The number of H-pyrrole nitrogens is 1. The van der Waals surface area contributed by atoms with Crippen LogP contribution in [-0.2, 0) is 6.42 Å². The first-order chi connectivity index (χ1) is 21.7. The predicted octanol–water partition coefficient (Wildman–Crippen LogP) is 6.74. The van der Waals surface area contributed by atoms with Crippen LogP contribution < -0.4 is 16.7 Å². The van der Waals surface area contributed by atoms with Crippen molar-refractivity contribution >= 4 is 28.5 Å². The van der Waals surface area contributed by atoms with Gasteiger partial charge in [0.25, 0.3) is 0 Å². The summed E-state index contributed by atoms with van der Waals surface area (Å²) in [7, 11) is 2.18. The zero-order chi connectivity index (χ0) is 31.7. The number of piperidine rings is 1. The Morgan fingerprint density at radius 2 is 1.98 bits per heavy atom. The molecule has 238 valence electrons. The standard InChI is InChI=1S/C35H43ClFN7O/c1-21(38)40-16-15-26-6-4-8-32(43(26)2)24-11-13-27(14-12-24)44-20-25-19-31(41-34(25)42-35(44)45)28-17-22(18-29(36)33(28)37)5-3-7-30(39)23-9-10-23/h11-14,17-20,23,26,30,32H,3-10,15-16,39H2,1-2H3,(H2,38,40)(H,41,42,45)/t26-,30+,32-/m0/s1. The first kappa shape index (κ1) is 31.5. The number of amidine groups is 1. The van der Waals surface area contributed by atoms with E-state index in [1.165, 1.54) is 23.0 Å². The third-order valence-corrected chi connectivity index (χ3v) is 9.90. The van der Waals surface area contributed by atoms with Gasteiger partial charge < -0.3 is 16.0 Å². The minimum absolute atomic E-state index is 0.0772. The van der Waals surface area contributed by atoms with Gasteiger partial charge in [-0.2, -0.15) is 4.98 Å². The highest BCUT2D eigenvalue weighted by Crippen LogP contribution is 2.36. The van der Waals surface area contributed by atoms with Gasteiger partial charge >= 0.3 is 5.69 Å². The van der Waals surface area contributed by atoms with Crippen LogP contribution in [0.2, 0.25) is 5.02 Å². The van der Waals surface area contributed by atoms with E-state index in [1.807, 2.05) is 24.3 Å². The van der Waals surface area contributed by atoms with Crippen molar-refractivity contribution < 1.29 is 4.39 Å². The van der Waals surface area contributed by atoms with Crippen LogP contribution in [0.3, 0.4) is 0 Å². The first-order valence-corrected chi connectivity index (χ1v) is 16.5. The molecule has 1 aliphatic heterocycles. The number of aromatic nitrogens is 3. The van der Waals surface area contributed by atoms with Gasteiger partial charge in [-0.15, -0.1) is 0 Å². The first-order valence-electron chi connectivity index (χ1n) is 16.2. The number of nitrogens with zero attached hydrogens (tertiary/aromatic N) is 3. The van der Waals surface area contributed by atoms with Crippen molar-refractivity contribution in [1.29, 1.82) is 5.41 Å². The average Bonchev–Trinajstić information content (AvgIpc) is 3.79. The number of likely N-dealkylation sites (tertiary alicyclic amines) is 1. The number of fused-ring (bicyclic) bond motifs is 1. The molecule has 1 aliphatic carbocycles. The van der Waals surface area contributed by atoms with E-state index in [9.17, 15) is 4.79 Å². The molecule has 0 amide bonds. The van der Waals surface area contributed by atoms with Crippen molar-refractivity contribution in [3.63, 3.8) is 0 Å². The summed E-state index contributed by atoms with van der Waals surface area (Å²) in [5.74, 6) is 0.662. The molecule has 2 aromatic carbocycles. The third-order valence-electron chi connectivity index (χ3n) is 9.62. The van der Waals surface area contributed by atoms with Gasteiger partial charge in [0, 0.05) is 41.8 Å². The largest absolute Gasteiger partial charge is 0.374 e. The summed E-state index contributed by atoms with van der Waals surface area (Å²) < 4.78 is 16.8. The van der Waals surface area contributed by atoms with Crippen LogP contribution in [0.25, 0.3) is 28.0 Å². The Labute approximate surface area is 268 Å². The van der Waals surface area contributed by atoms with Crippen molar-refractivity contribution in [2.24, 2.45) is 11.7 Å². The maximum atomic E-state index is 15.2. The van der Waals surface area contributed by atoms with E-state index >= 15 is 4.39 Å². The van der Waals surface area contributed by atoms with Gasteiger partial charge in [-0.3, -0.25) is 14.9 Å². The number of aryl methyl sites for hydroxylation is 1. The molecule has 5 N–H and O–H groups in total. The molecular weight excluding hydrogens is 589 g/mol. The molecule has 4 aromatic rings. The minimum Gasteiger partial charge on any atom is -0.374 e. The Hall–Kier alpha value is -3.53. The monoisotopic (exact) mass is 631 g/mol. The Morgan fingerprint density at radius 3 is 2.71 bits per heavy atom. The summed E-state index contributed by atoms with van der Waals surface area (Å²) in [6.07, 6.45) is 11.2. The smallest absolute Gasteiger partial charge is 0.354 e. The van der Waals surface area contributed by atoms with Crippen molar-refractivity contribution in [3.05, 3.63) is 81.1 Å². The summed E-state index contributed by atoms with van der Waals surface area (Å²) >= 11 is 6.32. The second-order valence-electron chi connectivity index (χ2n) is 12.9. The molecular formula is C35H43ClFN7O. The number of nitrogens with two attached hydrogens (primary N) is 1. The van der Waals surface area contributed by atoms with Crippen LogP contribution in [0, 0.1) is 17.1 Å². The van der Waals surface area contributed by atoms with Crippen molar-refractivity contribution in [2.75, 3.05) is 13.6 Å². The average molecular weight is 632 g/mol. The van der Waals surface area contributed by atoms with Gasteiger partial charge in [-0.1, -0.05) is 23.7 Å². The number of hydrogen-bond donors (Lipinski definition) is 4. The van der Waals surface area contributed by atoms with E-state index in [-0.39, 0.29) is 11.1 Å². The van der Waals surface area contributed by atoms with Crippen LogP contribution in [0.5, 0.6) is 0 Å². The fraction of sp³-hybridized carbons (Fsp3) is 0.457. The molecule has 3 atom stereocenters. The van der Waals surface area contributed by atoms with Crippen molar-refractivity contribution in [3.8, 4) is 16.9 Å². The zero-order valence-corrected chi connectivity index (χ0v) is 26.8. The molecule has 45 heavy (non-hydrogen) atoms. The van der Waals surface area contributed by atoms with E-state index in [0.717, 1.165) is 62.7 Å². The normalized spacial score (nSPS) is 19.6. The predicted molar refractivity (Wildman–Crippen MR) is 180 cm³/mol. The molecule has 6 rings (SSSR count). The van der Waals surface area contributed by atoms with Gasteiger partial charge in [0.2, 0.25) is 0 Å². The van der Waals surface area contributed by atoms with E-state index in [4.69, 9.17) is 22.7 Å². The lowest BCUT2D eigenvalue weighted by atomic mass is 9.90. The lowest BCUT2D eigenvalue weighted by Crippen LogP contribution is -2.40. The van der Waals surface area contributed by atoms with Crippen LogP contribution in [-0.4, -0.2) is 50.9 Å². The highest BCUT2D eigenvalue weighted by atomic mass is 35.5. The van der Waals surface area contributed by atoms with Gasteiger partial charge in [0.05, 0.1) is 22.2 Å². The highest BCUT2D eigenvalue weighted by Gasteiger charge is 2.29. The van der Waals surface area contributed by atoms with Crippen molar-refractivity contribution in [1.82, 2.24) is 24.8 Å². The molecule has 0 radical (unpaired) electrons. The summed E-state index contributed by atoms with van der Waals surface area (Å²) in [6, 6.07) is 14.5. The number of halogens is 2. The lowest BCUT2D eigenvalue weighted by molar-refractivity contribution is 0.109. The quantitative estimate of drug-likeness (QED) is 0.108. The van der Waals surface area contributed by atoms with E-state index in [1.54, 1.807) is 19.2 Å². The third kappa shape index (κ3) is 7.16. The fourth-order valence-electron chi connectivity index (χ4n) is 6.85. The summed E-state index contributed by atoms with van der Waals surface area (Å²) in [6.45, 7) is 2.57. The SMILES string of the molecule is CC(=N)NCC[C@@H]1CCC[C@@H](c2ccc(-n3cc4cc(-c5cc(CCC[C@@H](N)C6CC6)cc(Cl)c5F)[nH]c4nc3=O)cc2)N1C. The number of aromatic amines is 1. The Kier molecular flexibility index (Phi) is 9.40. The summed E-state index contributed by atoms with van der Waals surface area (Å²) in [5, 5.41) is 11.5. The molecule has 8 nitrogen and oxygen atoms in total. The number of rotatable bonds is 11. The second-order valence-corrected chi connectivity index (χ2v) is 13.3. The zero-order valence-electron chi connectivity index (χ0n) is 26.1. The summed E-state index contributed by atoms with van der Waals surface area (Å²) in [5.41, 5.74) is 10.1. The number of nitrogens with one attached hydrogen (secondary N) is 3. The van der Waals surface area contributed by atoms with Gasteiger partial charge in [-0.05, 0) is 119 Å². The molecule has 2 aliphatic rings. The van der Waals surface area contributed by atoms with Gasteiger partial charge in [0.1, 0.15) is 5.65 Å². The summed E-state index contributed by atoms with van der Waals surface area (Å²) in [4.78, 5) is 23.0. The Balaban J connectivity index is 1.19.